The number of fused-ring (bicyclic) bond motifs is 3. The summed E-state index contributed by atoms with van der Waals surface area (Å²) in [6, 6.07) is 17.5. The van der Waals surface area contributed by atoms with Crippen LogP contribution in [0.25, 0.3) is 0 Å². The summed E-state index contributed by atoms with van der Waals surface area (Å²) in [6.07, 6.45) is 5.81. The lowest BCUT2D eigenvalue weighted by Gasteiger charge is -2.37. The monoisotopic (exact) mass is 277 g/mol. The Balaban J connectivity index is 1.78. The zero-order valence-corrected chi connectivity index (χ0v) is 12.1. The van der Waals surface area contributed by atoms with E-state index in [9.17, 15) is 0 Å². The molecule has 2 aliphatic rings. The molecule has 0 aromatic heterocycles. The van der Waals surface area contributed by atoms with Gasteiger partial charge in [0.15, 0.2) is 0 Å². The molecule has 106 valence electrons. The third-order valence-corrected chi connectivity index (χ3v) is 4.73. The second-order valence-corrected chi connectivity index (χ2v) is 5.84. The van der Waals surface area contributed by atoms with Gasteiger partial charge in [-0.25, -0.2) is 0 Å². The predicted molar refractivity (Wildman–Crippen MR) is 85.8 cm³/mol. The minimum absolute atomic E-state index is 0.382. The van der Waals surface area contributed by atoms with Crippen LogP contribution in [0.1, 0.15) is 29.5 Å². The van der Waals surface area contributed by atoms with E-state index in [0.29, 0.717) is 17.9 Å². The quantitative estimate of drug-likeness (QED) is 0.815. The molecule has 2 nitrogen and oxygen atoms in total. The van der Waals surface area contributed by atoms with Crippen LogP contribution in [0.4, 0.5) is 5.69 Å². The molecule has 1 unspecified atom stereocenters. The van der Waals surface area contributed by atoms with Gasteiger partial charge in [-0.3, -0.25) is 0 Å². The highest BCUT2D eigenvalue weighted by atomic mass is 16.5. The summed E-state index contributed by atoms with van der Waals surface area (Å²) in [5.41, 5.74) is 3.97. The fraction of sp³-hybridized carbons (Fsp3) is 0.263. The van der Waals surface area contributed by atoms with E-state index in [4.69, 9.17) is 4.74 Å². The summed E-state index contributed by atoms with van der Waals surface area (Å²) in [4.78, 5) is 0. The summed E-state index contributed by atoms with van der Waals surface area (Å²) < 4.78 is 5.39. The first-order valence-corrected chi connectivity index (χ1v) is 7.53. The Kier molecular flexibility index (Phi) is 2.95. The van der Waals surface area contributed by atoms with Gasteiger partial charge in [0.2, 0.25) is 0 Å². The number of anilines is 1. The van der Waals surface area contributed by atoms with Gasteiger partial charge in [-0.05, 0) is 41.7 Å². The molecule has 0 bridgehead atoms. The van der Waals surface area contributed by atoms with Gasteiger partial charge in [-0.1, -0.05) is 42.5 Å². The largest absolute Gasteiger partial charge is 0.497 e. The number of allylic oxidation sites excluding steroid dienone is 2. The molecule has 0 saturated carbocycles. The average molecular weight is 277 g/mol. The Morgan fingerprint density at radius 3 is 2.76 bits per heavy atom. The maximum atomic E-state index is 5.39. The van der Waals surface area contributed by atoms with E-state index in [2.05, 4.69) is 59.9 Å². The maximum absolute atomic E-state index is 5.39. The molecule has 0 spiro atoms. The first-order chi connectivity index (χ1) is 10.4. The third-order valence-electron chi connectivity index (χ3n) is 4.73. The number of hydrogen-bond acceptors (Lipinski definition) is 2. The van der Waals surface area contributed by atoms with Crippen molar-refractivity contribution in [1.82, 2.24) is 0 Å². The molecule has 2 aromatic rings. The fourth-order valence-electron chi connectivity index (χ4n) is 3.69. The van der Waals surface area contributed by atoms with Crippen LogP contribution < -0.4 is 10.1 Å². The number of benzene rings is 2. The van der Waals surface area contributed by atoms with Gasteiger partial charge in [0.05, 0.1) is 13.2 Å². The van der Waals surface area contributed by atoms with Gasteiger partial charge in [0.1, 0.15) is 5.75 Å². The summed E-state index contributed by atoms with van der Waals surface area (Å²) >= 11 is 0. The van der Waals surface area contributed by atoms with E-state index in [-0.39, 0.29) is 0 Å². The zero-order chi connectivity index (χ0) is 14.2. The van der Waals surface area contributed by atoms with Crippen molar-refractivity contribution >= 4 is 5.69 Å². The lowest BCUT2D eigenvalue weighted by Crippen LogP contribution is -2.28. The lowest BCUT2D eigenvalue weighted by molar-refractivity contribution is 0.405. The number of rotatable bonds is 2. The minimum atomic E-state index is 0.382. The minimum Gasteiger partial charge on any atom is -0.497 e. The van der Waals surface area contributed by atoms with Gasteiger partial charge < -0.3 is 10.1 Å². The van der Waals surface area contributed by atoms with Crippen LogP contribution in [-0.4, -0.2) is 7.11 Å². The number of ether oxygens (including phenoxy) is 1. The van der Waals surface area contributed by atoms with Gasteiger partial charge in [0.25, 0.3) is 0 Å². The Morgan fingerprint density at radius 2 is 1.95 bits per heavy atom. The second kappa shape index (κ2) is 4.96. The lowest BCUT2D eigenvalue weighted by atomic mass is 9.77. The molecule has 1 aliphatic carbocycles. The third kappa shape index (κ3) is 2.02. The van der Waals surface area contributed by atoms with E-state index >= 15 is 0 Å². The maximum Gasteiger partial charge on any atom is 0.119 e. The molecule has 1 N–H and O–H groups in total. The highest BCUT2D eigenvalue weighted by Gasteiger charge is 2.37. The topological polar surface area (TPSA) is 21.3 Å². The molecule has 1 aliphatic heterocycles. The Bertz CT molecular complexity index is 677. The van der Waals surface area contributed by atoms with E-state index in [1.54, 1.807) is 7.11 Å². The molecule has 2 heteroatoms. The van der Waals surface area contributed by atoms with Gasteiger partial charge in [-0.2, -0.15) is 0 Å². The van der Waals surface area contributed by atoms with Crippen LogP contribution in [0, 0.1) is 5.92 Å². The van der Waals surface area contributed by atoms with Crippen LogP contribution >= 0.6 is 0 Å². The highest BCUT2D eigenvalue weighted by Crippen LogP contribution is 2.50. The van der Waals surface area contributed by atoms with E-state index in [1.807, 2.05) is 6.07 Å². The van der Waals surface area contributed by atoms with Crippen molar-refractivity contribution in [2.45, 2.75) is 18.4 Å². The molecule has 0 fully saturated rings. The molecule has 0 amide bonds. The van der Waals surface area contributed by atoms with Crippen molar-refractivity contribution in [3.63, 3.8) is 0 Å². The van der Waals surface area contributed by atoms with Crippen molar-refractivity contribution in [2.75, 3.05) is 12.4 Å². The van der Waals surface area contributed by atoms with Crippen LogP contribution in [0.3, 0.4) is 0 Å². The number of nitrogens with one attached hydrogen (secondary N) is 1. The molecule has 2 aromatic carbocycles. The van der Waals surface area contributed by atoms with Crippen LogP contribution in [0.15, 0.2) is 60.7 Å². The van der Waals surface area contributed by atoms with Gasteiger partial charge in [-0.15, -0.1) is 0 Å². The zero-order valence-electron chi connectivity index (χ0n) is 12.1. The summed E-state index contributed by atoms with van der Waals surface area (Å²) in [5, 5.41) is 3.74. The number of hydrogen-bond donors (Lipinski definition) is 1. The molecular formula is C19H19NO. The van der Waals surface area contributed by atoms with E-state index in [0.717, 1.165) is 12.2 Å². The van der Waals surface area contributed by atoms with Crippen LogP contribution in [-0.2, 0) is 0 Å². The van der Waals surface area contributed by atoms with Crippen LogP contribution in [0.2, 0.25) is 0 Å². The highest BCUT2D eigenvalue weighted by molar-refractivity contribution is 5.61. The van der Waals surface area contributed by atoms with Crippen molar-refractivity contribution in [2.24, 2.45) is 5.92 Å². The van der Waals surface area contributed by atoms with Gasteiger partial charge >= 0.3 is 0 Å². The summed E-state index contributed by atoms with van der Waals surface area (Å²) in [5.74, 6) is 2.02. The molecule has 4 rings (SSSR count). The van der Waals surface area contributed by atoms with Gasteiger partial charge in [0, 0.05) is 11.6 Å². The SMILES string of the molecule is COc1ccc2c(c1)[C@H]1C=CC[C@H]1C(c1ccccc1)N2. The normalized spacial score (nSPS) is 25.9. The van der Waals surface area contributed by atoms with E-state index in [1.165, 1.54) is 16.8 Å². The molecule has 1 heterocycles. The smallest absolute Gasteiger partial charge is 0.119 e. The van der Waals surface area contributed by atoms with Crippen molar-refractivity contribution < 1.29 is 4.74 Å². The standard InChI is InChI=1S/C19H19NO/c1-21-14-10-11-18-17(12-14)15-8-5-9-16(15)19(20-18)13-6-3-2-4-7-13/h2-8,10-12,15-16,19-20H,9H2,1H3/t15-,16+,19?/m0/s1. The molecular weight excluding hydrogens is 258 g/mol. The molecule has 21 heavy (non-hydrogen) atoms. The summed E-state index contributed by atoms with van der Waals surface area (Å²) in [7, 11) is 1.73. The first-order valence-electron chi connectivity index (χ1n) is 7.53. The Morgan fingerprint density at radius 1 is 1.10 bits per heavy atom. The Hall–Kier alpha value is -2.22. The van der Waals surface area contributed by atoms with Crippen molar-refractivity contribution in [1.29, 1.82) is 0 Å². The molecule has 3 atom stereocenters. The van der Waals surface area contributed by atoms with Crippen LogP contribution in [0.5, 0.6) is 5.75 Å². The second-order valence-electron chi connectivity index (χ2n) is 5.84. The first kappa shape index (κ1) is 12.5. The number of methoxy groups -OCH3 is 1. The van der Waals surface area contributed by atoms with Crippen molar-refractivity contribution in [3.05, 3.63) is 71.8 Å². The van der Waals surface area contributed by atoms with Crippen molar-refractivity contribution in [3.8, 4) is 5.75 Å². The Labute approximate surface area is 125 Å². The fourth-order valence-corrected chi connectivity index (χ4v) is 3.69. The predicted octanol–water partition coefficient (Wildman–Crippen LogP) is 4.52. The van der Waals surface area contributed by atoms with E-state index < -0.39 is 0 Å². The summed E-state index contributed by atoms with van der Waals surface area (Å²) in [6.45, 7) is 0. The molecule has 0 saturated heterocycles. The molecule has 0 radical (unpaired) electrons. The average Bonchev–Trinajstić information content (AvgIpc) is 3.04.